The summed E-state index contributed by atoms with van der Waals surface area (Å²) in [6.07, 6.45) is 7.57. The predicted molar refractivity (Wildman–Crippen MR) is 139 cm³/mol. The smallest absolute Gasteiger partial charge is 0.248 e. The number of nitriles is 1. The molecule has 1 unspecified atom stereocenters. The summed E-state index contributed by atoms with van der Waals surface area (Å²) in [5, 5.41) is 21.6. The summed E-state index contributed by atoms with van der Waals surface area (Å²) >= 11 is 0. The number of benzene rings is 2. The number of nitrogens with zero attached hydrogens (tertiary/aromatic N) is 5. The van der Waals surface area contributed by atoms with Gasteiger partial charge in [0.05, 0.1) is 46.3 Å². The fourth-order valence-electron chi connectivity index (χ4n) is 5.71. The molecule has 11 heteroatoms. The van der Waals surface area contributed by atoms with Crippen LogP contribution in [0.2, 0.25) is 0 Å². The van der Waals surface area contributed by atoms with Crippen LogP contribution in [0.15, 0.2) is 53.4 Å². The highest BCUT2D eigenvalue weighted by molar-refractivity contribution is 6.03. The van der Waals surface area contributed by atoms with E-state index in [1.54, 1.807) is 35.4 Å². The Morgan fingerprint density at radius 3 is 2.79 bits per heavy atom. The highest BCUT2D eigenvalue weighted by atomic mass is 19.1. The van der Waals surface area contributed by atoms with Crippen LogP contribution in [0, 0.1) is 23.0 Å². The summed E-state index contributed by atoms with van der Waals surface area (Å²) in [6.45, 7) is 1.88. The minimum atomic E-state index is -0.652. The lowest BCUT2D eigenvalue weighted by Crippen LogP contribution is -2.64. The molecule has 3 aromatic rings. The van der Waals surface area contributed by atoms with E-state index in [-0.39, 0.29) is 34.5 Å². The summed E-state index contributed by atoms with van der Waals surface area (Å²) in [7, 11) is 0. The lowest BCUT2D eigenvalue weighted by Gasteiger charge is -2.49. The van der Waals surface area contributed by atoms with Crippen molar-refractivity contribution in [3.05, 3.63) is 65.6 Å². The van der Waals surface area contributed by atoms with Crippen LogP contribution in [0.3, 0.4) is 0 Å². The monoisotopic (exact) mass is 516 g/mol. The molecule has 1 aromatic heterocycles. The molecule has 2 fully saturated rings. The van der Waals surface area contributed by atoms with Gasteiger partial charge in [-0.25, -0.2) is 13.8 Å². The molecule has 1 saturated carbocycles. The van der Waals surface area contributed by atoms with Crippen molar-refractivity contribution in [2.45, 2.75) is 57.3 Å². The van der Waals surface area contributed by atoms with Gasteiger partial charge in [-0.15, -0.1) is 0 Å². The number of carbonyl (C=O) groups is 1. The molecule has 2 atom stereocenters. The predicted octanol–water partition coefficient (Wildman–Crippen LogP) is 4.32. The molecule has 1 aliphatic carbocycles. The Balaban J connectivity index is 1.40. The maximum atomic E-state index is 15.1. The summed E-state index contributed by atoms with van der Waals surface area (Å²) in [6, 6.07) is 9.75. The fraction of sp³-hybridized carbons (Fsp3) is 0.333. The van der Waals surface area contributed by atoms with Crippen molar-refractivity contribution in [1.29, 1.82) is 5.26 Å². The van der Waals surface area contributed by atoms with Crippen LogP contribution in [0.4, 0.5) is 20.2 Å². The Morgan fingerprint density at radius 1 is 1.18 bits per heavy atom. The molecule has 1 saturated heterocycles. The van der Waals surface area contributed by atoms with E-state index in [2.05, 4.69) is 31.8 Å². The van der Waals surface area contributed by atoms with Crippen LogP contribution in [0.1, 0.15) is 44.6 Å². The molecule has 0 spiro atoms. The van der Waals surface area contributed by atoms with E-state index >= 15 is 4.39 Å². The van der Waals surface area contributed by atoms with Gasteiger partial charge in [-0.3, -0.25) is 19.7 Å². The number of H-pyrrole nitrogens is 1. The zero-order valence-electron chi connectivity index (χ0n) is 20.7. The number of aromatic amines is 1. The second kappa shape index (κ2) is 9.54. The number of hydrogen-bond donors (Lipinski definition) is 3. The molecular weight excluding hydrogens is 490 g/mol. The van der Waals surface area contributed by atoms with Crippen LogP contribution in [0.25, 0.3) is 10.9 Å². The van der Waals surface area contributed by atoms with Crippen LogP contribution in [0.5, 0.6) is 0 Å². The van der Waals surface area contributed by atoms with Crippen molar-refractivity contribution < 1.29 is 13.6 Å². The maximum Gasteiger partial charge on any atom is 0.248 e. The first-order valence-corrected chi connectivity index (χ1v) is 12.7. The Hall–Kier alpha value is -4.30. The molecule has 1 amide bonds. The van der Waals surface area contributed by atoms with Gasteiger partial charge in [-0.2, -0.15) is 10.4 Å². The van der Waals surface area contributed by atoms with Crippen molar-refractivity contribution in [2.24, 2.45) is 4.99 Å². The van der Waals surface area contributed by atoms with Crippen LogP contribution < -0.4 is 15.5 Å². The average Bonchev–Trinajstić information content (AvgIpc) is 3.44. The fourth-order valence-corrected chi connectivity index (χ4v) is 5.71. The van der Waals surface area contributed by atoms with Gasteiger partial charge in [-0.1, -0.05) is 25.3 Å². The second-order valence-electron chi connectivity index (χ2n) is 9.82. The van der Waals surface area contributed by atoms with E-state index in [1.165, 1.54) is 6.20 Å². The number of anilines is 2. The quantitative estimate of drug-likeness (QED) is 0.478. The van der Waals surface area contributed by atoms with Gasteiger partial charge in [0.2, 0.25) is 11.9 Å². The number of carbonyl (C=O) groups excluding carboxylic acids is 1. The van der Waals surface area contributed by atoms with Gasteiger partial charge in [0.25, 0.3) is 0 Å². The van der Waals surface area contributed by atoms with Crippen molar-refractivity contribution in [3.63, 3.8) is 0 Å². The van der Waals surface area contributed by atoms with E-state index in [4.69, 9.17) is 4.99 Å². The molecule has 6 rings (SSSR count). The summed E-state index contributed by atoms with van der Waals surface area (Å²) in [4.78, 5) is 22.4. The number of fused-ring (bicyclic) bond motifs is 2. The molecule has 3 heterocycles. The first-order chi connectivity index (χ1) is 18.5. The topological polar surface area (TPSA) is 112 Å². The molecule has 9 nitrogen and oxygen atoms in total. The number of amides is 1. The van der Waals surface area contributed by atoms with E-state index in [0.717, 1.165) is 38.2 Å². The molecule has 3 aliphatic rings. The van der Waals surface area contributed by atoms with Crippen LogP contribution in [-0.4, -0.2) is 45.2 Å². The average molecular weight is 517 g/mol. The zero-order valence-corrected chi connectivity index (χ0v) is 20.7. The third-order valence-corrected chi connectivity index (χ3v) is 7.54. The number of nitrogens with one attached hydrogen (secondary N) is 3. The van der Waals surface area contributed by atoms with Gasteiger partial charge in [0, 0.05) is 18.3 Å². The summed E-state index contributed by atoms with van der Waals surface area (Å²) < 4.78 is 29.7. The van der Waals surface area contributed by atoms with Gasteiger partial charge < -0.3 is 10.6 Å². The number of halogens is 2. The van der Waals surface area contributed by atoms with Crippen LogP contribution >= 0.6 is 0 Å². The minimum Gasteiger partial charge on any atom is -0.331 e. The second-order valence-corrected chi connectivity index (χ2v) is 9.82. The molecule has 194 valence electrons. The Labute approximate surface area is 217 Å². The zero-order chi connectivity index (χ0) is 26.4. The maximum absolute atomic E-state index is 15.1. The molecule has 0 bridgehead atoms. The van der Waals surface area contributed by atoms with Crippen molar-refractivity contribution in [3.8, 4) is 6.07 Å². The number of aromatic nitrogens is 2. The molecule has 2 aromatic carbocycles. The normalized spacial score (nSPS) is 22.4. The van der Waals surface area contributed by atoms with Gasteiger partial charge >= 0.3 is 0 Å². The molecular formula is C27H26F2N8O. The summed E-state index contributed by atoms with van der Waals surface area (Å²) in [5.74, 6) is -1.17. The van der Waals surface area contributed by atoms with Crippen molar-refractivity contribution >= 4 is 34.1 Å². The van der Waals surface area contributed by atoms with Gasteiger partial charge in [0.1, 0.15) is 11.7 Å². The highest BCUT2D eigenvalue weighted by Gasteiger charge is 2.46. The lowest BCUT2D eigenvalue weighted by molar-refractivity contribution is -0.127. The first-order valence-electron chi connectivity index (χ1n) is 12.7. The summed E-state index contributed by atoms with van der Waals surface area (Å²) in [5.41, 5.74) is 1.54. The van der Waals surface area contributed by atoms with E-state index in [1.807, 2.05) is 6.92 Å². The van der Waals surface area contributed by atoms with E-state index in [9.17, 15) is 14.4 Å². The van der Waals surface area contributed by atoms with E-state index in [0.29, 0.717) is 16.9 Å². The largest absolute Gasteiger partial charge is 0.331 e. The van der Waals surface area contributed by atoms with Crippen molar-refractivity contribution in [1.82, 2.24) is 20.4 Å². The number of aliphatic imine (C=N–C) groups is 1. The Morgan fingerprint density at radius 2 is 2.00 bits per heavy atom. The minimum absolute atomic E-state index is 0.00731. The Kier molecular flexibility index (Phi) is 6.04. The molecule has 38 heavy (non-hydrogen) atoms. The number of piperazine rings is 1. The number of rotatable bonds is 3. The van der Waals surface area contributed by atoms with Crippen LogP contribution in [-0.2, 0) is 4.79 Å². The highest BCUT2D eigenvalue weighted by Crippen LogP contribution is 2.37. The standard InChI is InChI=1S/C27H26F2N8O/c1-15-26(38)37(18-9-5-6-16(10-18)12-30)22-14-31-27(34-25(22)36(15)17-7-3-2-4-8-17)33-21-11-20(28)24-19(23(21)29)13-32-35-24/h5-6,9-11,13-15,17,25H,2-4,7-8H2,1H3,(H,32,35)(H2,31,33,34)/t15-,25?/m1/s1. The first kappa shape index (κ1) is 24.1. The SMILES string of the molecule is C[C@@H]1C(=O)N(c2cccc(C#N)c2)C2=CNC(Nc3cc(F)c4[nH]ncc4c3F)=NC2N1C1CCCCC1. The van der Waals surface area contributed by atoms with Gasteiger partial charge in [0.15, 0.2) is 11.6 Å². The third kappa shape index (κ3) is 3.97. The number of hydrogen-bond acceptors (Lipinski definition) is 7. The lowest BCUT2D eigenvalue weighted by atomic mass is 9.91. The Bertz CT molecular complexity index is 1520. The molecule has 0 radical (unpaired) electrons. The molecule has 2 aliphatic heterocycles. The number of guanidine groups is 1. The third-order valence-electron chi connectivity index (χ3n) is 7.54. The van der Waals surface area contributed by atoms with E-state index < -0.39 is 23.8 Å². The van der Waals surface area contributed by atoms with Crippen molar-refractivity contribution in [2.75, 3.05) is 10.2 Å². The molecule has 3 N–H and O–H groups in total. The van der Waals surface area contributed by atoms with Gasteiger partial charge in [-0.05, 0) is 38.0 Å².